The standard InChI is InChI=1S/C13H15NO2/c1-15-12-6-10-4-3-9(8-14)5-11(10)7-13(12)16-2/h3-7H,8,14H2,1-2H3. The van der Waals surface area contributed by atoms with Crippen molar-refractivity contribution in [2.24, 2.45) is 5.73 Å². The molecule has 0 bridgehead atoms. The van der Waals surface area contributed by atoms with Gasteiger partial charge in [-0.15, -0.1) is 0 Å². The van der Waals surface area contributed by atoms with E-state index in [4.69, 9.17) is 15.2 Å². The van der Waals surface area contributed by atoms with Crippen molar-refractivity contribution in [3.05, 3.63) is 35.9 Å². The SMILES string of the molecule is COc1cc2ccc(CN)cc2cc1OC. The fourth-order valence-electron chi connectivity index (χ4n) is 1.75. The number of rotatable bonds is 3. The number of nitrogens with two attached hydrogens (primary N) is 1. The van der Waals surface area contributed by atoms with Crippen LogP contribution >= 0.6 is 0 Å². The minimum absolute atomic E-state index is 0.546. The molecule has 3 nitrogen and oxygen atoms in total. The lowest BCUT2D eigenvalue weighted by molar-refractivity contribution is 0.356. The molecular formula is C13H15NO2. The predicted molar refractivity (Wildman–Crippen MR) is 64.9 cm³/mol. The second-order valence-corrected chi connectivity index (χ2v) is 3.59. The minimum Gasteiger partial charge on any atom is -0.493 e. The Morgan fingerprint density at radius 1 is 0.938 bits per heavy atom. The Balaban J connectivity index is 2.63. The fourth-order valence-corrected chi connectivity index (χ4v) is 1.75. The van der Waals surface area contributed by atoms with Gasteiger partial charge in [0.2, 0.25) is 0 Å². The quantitative estimate of drug-likeness (QED) is 0.858. The lowest BCUT2D eigenvalue weighted by atomic mass is 10.1. The van der Waals surface area contributed by atoms with Crippen LogP contribution in [-0.4, -0.2) is 14.2 Å². The molecule has 2 aromatic carbocycles. The molecule has 0 unspecified atom stereocenters. The number of hydrogen-bond donors (Lipinski definition) is 1. The molecule has 0 radical (unpaired) electrons. The summed E-state index contributed by atoms with van der Waals surface area (Å²) in [6.45, 7) is 0.546. The van der Waals surface area contributed by atoms with E-state index in [1.165, 1.54) is 0 Å². The number of methoxy groups -OCH3 is 2. The van der Waals surface area contributed by atoms with Gasteiger partial charge in [-0.2, -0.15) is 0 Å². The largest absolute Gasteiger partial charge is 0.493 e. The zero-order valence-corrected chi connectivity index (χ0v) is 9.49. The molecule has 0 aliphatic carbocycles. The van der Waals surface area contributed by atoms with E-state index in [1.807, 2.05) is 24.3 Å². The van der Waals surface area contributed by atoms with Gasteiger partial charge in [0.05, 0.1) is 14.2 Å². The van der Waals surface area contributed by atoms with Gasteiger partial charge in [-0.05, 0) is 34.5 Å². The summed E-state index contributed by atoms with van der Waals surface area (Å²) < 4.78 is 10.5. The molecule has 0 saturated heterocycles. The smallest absolute Gasteiger partial charge is 0.161 e. The normalized spacial score (nSPS) is 10.4. The van der Waals surface area contributed by atoms with E-state index in [-0.39, 0.29) is 0 Å². The van der Waals surface area contributed by atoms with Crippen molar-refractivity contribution in [2.75, 3.05) is 14.2 Å². The van der Waals surface area contributed by atoms with Crippen LogP contribution in [0.5, 0.6) is 11.5 Å². The van der Waals surface area contributed by atoms with Crippen LogP contribution < -0.4 is 15.2 Å². The first kappa shape index (κ1) is 10.8. The maximum absolute atomic E-state index is 5.61. The summed E-state index contributed by atoms with van der Waals surface area (Å²) in [5, 5.41) is 2.23. The van der Waals surface area contributed by atoms with Gasteiger partial charge in [0.25, 0.3) is 0 Å². The first-order chi connectivity index (χ1) is 7.78. The van der Waals surface area contributed by atoms with Crippen LogP contribution in [-0.2, 0) is 6.54 Å². The van der Waals surface area contributed by atoms with E-state index in [2.05, 4.69) is 6.07 Å². The van der Waals surface area contributed by atoms with Crippen LogP contribution in [0.4, 0.5) is 0 Å². The van der Waals surface area contributed by atoms with Crippen LogP contribution in [0, 0.1) is 0 Å². The summed E-state index contributed by atoms with van der Waals surface area (Å²) in [6.07, 6.45) is 0. The molecule has 2 rings (SSSR count). The number of ether oxygens (including phenoxy) is 2. The summed E-state index contributed by atoms with van der Waals surface area (Å²) in [5.74, 6) is 1.49. The third-order valence-electron chi connectivity index (χ3n) is 2.64. The highest BCUT2D eigenvalue weighted by Crippen LogP contribution is 2.32. The van der Waals surface area contributed by atoms with Crippen LogP contribution in [0.2, 0.25) is 0 Å². The first-order valence-electron chi connectivity index (χ1n) is 5.13. The van der Waals surface area contributed by atoms with E-state index < -0.39 is 0 Å². The average molecular weight is 217 g/mol. The molecule has 2 N–H and O–H groups in total. The molecule has 84 valence electrons. The molecule has 2 aromatic rings. The second kappa shape index (κ2) is 4.41. The van der Waals surface area contributed by atoms with Gasteiger partial charge in [-0.3, -0.25) is 0 Å². The van der Waals surface area contributed by atoms with Gasteiger partial charge in [-0.1, -0.05) is 12.1 Å². The molecule has 0 saturated carbocycles. The number of fused-ring (bicyclic) bond motifs is 1. The lowest BCUT2D eigenvalue weighted by Crippen LogP contribution is -1.96. The fraction of sp³-hybridized carbons (Fsp3) is 0.231. The Bertz CT molecular complexity index is 509. The molecular weight excluding hydrogens is 202 g/mol. The van der Waals surface area contributed by atoms with E-state index in [0.29, 0.717) is 6.54 Å². The van der Waals surface area contributed by atoms with Crippen molar-refractivity contribution in [3.8, 4) is 11.5 Å². The average Bonchev–Trinajstić information content (AvgIpc) is 2.36. The third kappa shape index (κ3) is 1.82. The maximum atomic E-state index is 5.61. The molecule has 16 heavy (non-hydrogen) atoms. The zero-order valence-electron chi connectivity index (χ0n) is 9.49. The van der Waals surface area contributed by atoms with Gasteiger partial charge in [0, 0.05) is 6.54 Å². The van der Waals surface area contributed by atoms with Gasteiger partial charge < -0.3 is 15.2 Å². The van der Waals surface area contributed by atoms with Crippen LogP contribution in [0.3, 0.4) is 0 Å². The predicted octanol–water partition coefficient (Wildman–Crippen LogP) is 2.32. The maximum Gasteiger partial charge on any atom is 0.161 e. The van der Waals surface area contributed by atoms with Crippen LogP contribution in [0.1, 0.15) is 5.56 Å². The summed E-state index contributed by atoms with van der Waals surface area (Å²) in [5.41, 5.74) is 6.72. The van der Waals surface area contributed by atoms with Crippen LogP contribution in [0.15, 0.2) is 30.3 Å². The molecule has 0 aliphatic heterocycles. The van der Waals surface area contributed by atoms with Crippen molar-refractivity contribution >= 4 is 10.8 Å². The van der Waals surface area contributed by atoms with Crippen molar-refractivity contribution in [2.45, 2.75) is 6.54 Å². The molecule has 0 spiro atoms. The highest BCUT2D eigenvalue weighted by Gasteiger charge is 2.05. The molecule has 0 heterocycles. The Morgan fingerprint density at radius 2 is 1.56 bits per heavy atom. The Morgan fingerprint density at radius 3 is 2.12 bits per heavy atom. The van der Waals surface area contributed by atoms with Crippen molar-refractivity contribution in [1.29, 1.82) is 0 Å². The van der Waals surface area contributed by atoms with Crippen LogP contribution in [0.25, 0.3) is 10.8 Å². The highest BCUT2D eigenvalue weighted by atomic mass is 16.5. The molecule has 0 amide bonds. The topological polar surface area (TPSA) is 44.5 Å². The summed E-state index contributed by atoms with van der Waals surface area (Å²) in [4.78, 5) is 0. The first-order valence-corrected chi connectivity index (χ1v) is 5.13. The zero-order chi connectivity index (χ0) is 11.5. The van der Waals surface area contributed by atoms with E-state index >= 15 is 0 Å². The monoisotopic (exact) mass is 217 g/mol. The van der Waals surface area contributed by atoms with Crippen molar-refractivity contribution in [1.82, 2.24) is 0 Å². The molecule has 0 aromatic heterocycles. The molecule has 3 heteroatoms. The molecule has 0 aliphatic rings. The second-order valence-electron chi connectivity index (χ2n) is 3.59. The Labute approximate surface area is 94.8 Å². The Hall–Kier alpha value is -1.74. The van der Waals surface area contributed by atoms with E-state index in [1.54, 1.807) is 14.2 Å². The number of benzene rings is 2. The minimum atomic E-state index is 0.546. The summed E-state index contributed by atoms with van der Waals surface area (Å²) in [6, 6.07) is 10.1. The highest BCUT2D eigenvalue weighted by molar-refractivity contribution is 5.86. The summed E-state index contributed by atoms with van der Waals surface area (Å²) in [7, 11) is 3.27. The van der Waals surface area contributed by atoms with Crippen molar-refractivity contribution < 1.29 is 9.47 Å². The molecule has 0 atom stereocenters. The van der Waals surface area contributed by atoms with E-state index in [0.717, 1.165) is 27.8 Å². The van der Waals surface area contributed by atoms with E-state index in [9.17, 15) is 0 Å². The summed E-state index contributed by atoms with van der Waals surface area (Å²) >= 11 is 0. The van der Waals surface area contributed by atoms with Gasteiger partial charge in [-0.25, -0.2) is 0 Å². The van der Waals surface area contributed by atoms with Gasteiger partial charge in [0.1, 0.15) is 0 Å². The van der Waals surface area contributed by atoms with Gasteiger partial charge >= 0.3 is 0 Å². The lowest BCUT2D eigenvalue weighted by Gasteiger charge is -2.09. The third-order valence-corrected chi connectivity index (χ3v) is 2.64. The van der Waals surface area contributed by atoms with Gasteiger partial charge in [0.15, 0.2) is 11.5 Å². The molecule has 0 fully saturated rings. The van der Waals surface area contributed by atoms with Crippen molar-refractivity contribution in [3.63, 3.8) is 0 Å². The number of hydrogen-bond acceptors (Lipinski definition) is 3. The Kier molecular flexibility index (Phi) is 2.97.